The van der Waals surface area contributed by atoms with Crippen LogP contribution in [0.4, 0.5) is 11.8 Å². The molecule has 2 unspecified atom stereocenters. The molecule has 0 saturated heterocycles. The summed E-state index contributed by atoms with van der Waals surface area (Å²) in [5.74, 6) is 2.38. The maximum absolute atomic E-state index is 9.39. The average Bonchev–Trinajstić information content (AvgIpc) is 3.26. The first-order valence-corrected chi connectivity index (χ1v) is 9.03. The number of aryl methyl sites for hydroxylation is 1. The minimum atomic E-state index is 0.217. The highest BCUT2D eigenvalue weighted by Crippen LogP contribution is 2.36. The first-order valence-electron chi connectivity index (χ1n) is 9.03. The van der Waals surface area contributed by atoms with Crippen LogP contribution in [0.5, 0.6) is 5.88 Å². The van der Waals surface area contributed by atoms with Crippen LogP contribution in [0.2, 0.25) is 0 Å². The molecule has 3 heterocycles. The molecule has 3 aromatic heterocycles. The van der Waals surface area contributed by atoms with Crippen LogP contribution in [0.3, 0.4) is 0 Å². The van der Waals surface area contributed by atoms with Crippen molar-refractivity contribution in [3.8, 4) is 17.2 Å². The van der Waals surface area contributed by atoms with E-state index in [1.807, 2.05) is 19.1 Å². The highest BCUT2D eigenvalue weighted by Gasteiger charge is 2.26. The monoisotopic (exact) mass is 369 g/mol. The molecule has 0 aliphatic heterocycles. The van der Waals surface area contributed by atoms with Gasteiger partial charge in [0.25, 0.3) is 0 Å². The van der Waals surface area contributed by atoms with Crippen LogP contribution >= 0.6 is 0 Å². The van der Waals surface area contributed by atoms with Gasteiger partial charge in [-0.05, 0) is 38.2 Å². The molecule has 142 valence electrons. The molecule has 0 spiro atoms. The third-order valence-corrected chi connectivity index (χ3v) is 5.08. The quantitative estimate of drug-likeness (QED) is 0.628. The van der Waals surface area contributed by atoms with Crippen molar-refractivity contribution in [3.63, 3.8) is 0 Å². The lowest BCUT2D eigenvalue weighted by Gasteiger charge is -2.17. The standard InChI is InChI=1S/C19H23N5O3/c1-10-17(14-6-12-7-16(26-2)21-8-15(12)27-14)18(24-19(20)22-10)23-13-4-3-11(5-13)9-25/h6-8,11,13,25H,3-5,9H2,1-2H3,(H3,20,22,23,24). The Hall–Kier alpha value is -2.87. The summed E-state index contributed by atoms with van der Waals surface area (Å²) in [7, 11) is 1.58. The summed E-state index contributed by atoms with van der Waals surface area (Å²) in [6.07, 6.45) is 4.52. The molecule has 4 N–H and O–H groups in total. The molecule has 1 fully saturated rings. The molecule has 1 aliphatic rings. The summed E-state index contributed by atoms with van der Waals surface area (Å²) in [4.78, 5) is 12.9. The Balaban J connectivity index is 1.73. The van der Waals surface area contributed by atoms with Gasteiger partial charge in [0, 0.05) is 24.1 Å². The number of fused-ring (bicyclic) bond motifs is 1. The number of anilines is 2. The van der Waals surface area contributed by atoms with E-state index in [9.17, 15) is 5.11 Å². The summed E-state index contributed by atoms with van der Waals surface area (Å²) < 4.78 is 11.2. The van der Waals surface area contributed by atoms with Crippen LogP contribution in [0.15, 0.2) is 22.7 Å². The van der Waals surface area contributed by atoms with E-state index in [0.29, 0.717) is 29.0 Å². The van der Waals surface area contributed by atoms with Crippen LogP contribution in [0.25, 0.3) is 22.3 Å². The molecule has 4 rings (SSSR count). The summed E-state index contributed by atoms with van der Waals surface area (Å²) in [5, 5.41) is 13.8. The number of aromatic nitrogens is 3. The Morgan fingerprint density at radius 1 is 1.33 bits per heavy atom. The Bertz CT molecular complexity index is 971. The Kier molecular flexibility index (Phi) is 4.57. The van der Waals surface area contributed by atoms with Gasteiger partial charge >= 0.3 is 0 Å². The first kappa shape index (κ1) is 17.5. The number of nitrogens with zero attached hydrogens (tertiary/aromatic N) is 3. The molecule has 1 aliphatic carbocycles. The van der Waals surface area contributed by atoms with E-state index in [4.69, 9.17) is 14.9 Å². The van der Waals surface area contributed by atoms with Crippen molar-refractivity contribution in [1.29, 1.82) is 0 Å². The second-order valence-electron chi connectivity index (χ2n) is 6.97. The first-order chi connectivity index (χ1) is 13.1. The van der Waals surface area contributed by atoms with Gasteiger partial charge in [-0.15, -0.1) is 0 Å². The zero-order valence-corrected chi connectivity index (χ0v) is 15.4. The fourth-order valence-electron chi connectivity index (χ4n) is 3.72. The third-order valence-electron chi connectivity index (χ3n) is 5.08. The van der Waals surface area contributed by atoms with E-state index in [2.05, 4.69) is 20.3 Å². The number of pyridine rings is 1. The molecule has 8 heteroatoms. The van der Waals surface area contributed by atoms with Gasteiger partial charge in [0.2, 0.25) is 11.8 Å². The van der Waals surface area contributed by atoms with Crippen molar-refractivity contribution in [1.82, 2.24) is 15.0 Å². The number of ether oxygens (including phenoxy) is 1. The smallest absolute Gasteiger partial charge is 0.222 e. The van der Waals surface area contributed by atoms with Gasteiger partial charge in [0.1, 0.15) is 11.6 Å². The van der Waals surface area contributed by atoms with Crippen molar-refractivity contribution in [3.05, 3.63) is 24.0 Å². The van der Waals surface area contributed by atoms with Gasteiger partial charge in [-0.2, -0.15) is 4.98 Å². The van der Waals surface area contributed by atoms with Gasteiger partial charge < -0.3 is 25.3 Å². The maximum Gasteiger partial charge on any atom is 0.222 e. The van der Waals surface area contributed by atoms with Gasteiger partial charge in [0.05, 0.1) is 24.6 Å². The number of aliphatic hydroxyl groups excluding tert-OH is 1. The second kappa shape index (κ2) is 7.03. The highest BCUT2D eigenvalue weighted by molar-refractivity contribution is 5.86. The Morgan fingerprint density at radius 3 is 2.93 bits per heavy atom. The summed E-state index contributed by atoms with van der Waals surface area (Å²) in [6, 6.07) is 3.99. The number of nitrogen functional groups attached to an aromatic ring is 1. The fraction of sp³-hybridized carbons (Fsp3) is 0.421. The van der Waals surface area contributed by atoms with Crippen LogP contribution in [0, 0.1) is 12.8 Å². The van der Waals surface area contributed by atoms with E-state index in [0.717, 1.165) is 35.9 Å². The summed E-state index contributed by atoms with van der Waals surface area (Å²) in [5.41, 5.74) is 8.07. The minimum Gasteiger partial charge on any atom is -0.481 e. The SMILES string of the molecule is COc1cc2cc(-c3c(C)nc(N)nc3NC3CCC(CO)C3)oc2cn1. The van der Waals surface area contributed by atoms with Gasteiger partial charge in [-0.25, -0.2) is 9.97 Å². The molecule has 1 saturated carbocycles. The fourth-order valence-corrected chi connectivity index (χ4v) is 3.72. The van der Waals surface area contributed by atoms with Crippen molar-refractivity contribution < 1.29 is 14.3 Å². The number of methoxy groups -OCH3 is 1. The molecule has 0 amide bonds. The van der Waals surface area contributed by atoms with Gasteiger partial charge in [-0.1, -0.05) is 0 Å². The van der Waals surface area contributed by atoms with Gasteiger partial charge in [0.15, 0.2) is 5.58 Å². The number of nitrogens with one attached hydrogen (secondary N) is 1. The third kappa shape index (κ3) is 3.40. The predicted octanol–water partition coefficient (Wildman–Crippen LogP) is 2.76. The average molecular weight is 369 g/mol. The van der Waals surface area contributed by atoms with Crippen molar-refractivity contribution in [2.75, 3.05) is 24.8 Å². The van der Waals surface area contributed by atoms with Crippen molar-refractivity contribution >= 4 is 22.7 Å². The molecular formula is C19H23N5O3. The summed E-state index contributed by atoms with van der Waals surface area (Å²) in [6.45, 7) is 2.10. The molecule has 3 aromatic rings. The normalized spacial score (nSPS) is 19.5. The molecule has 27 heavy (non-hydrogen) atoms. The van der Waals surface area contributed by atoms with E-state index in [1.165, 1.54) is 0 Å². The zero-order chi connectivity index (χ0) is 19.0. The lowest BCUT2D eigenvalue weighted by molar-refractivity contribution is 0.229. The minimum absolute atomic E-state index is 0.217. The van der Waals surface area contributed by atoms with Crippen molar-refractivity contribution in [2.45, 2.75) is 32.2 Å². The number of hydrogen-bond acceptors (Lipinski definition) is 8. The van der Waals surface area contributed by atoms with Crippen LogP contribution in [-0.4, -0.2) is 39.8 Å². The predicted molar refractivity (Wildman–Crippen MR) is 103 cm³/mol. The van der Waals surface area contributed by atoms with E-state index in [-0.39, 0.29) is 18.6 Å². The molecule has 0 aromatic carbocycles. The Labute approximate surface area is 156 Å². The second-order valence-corrected chi connectivity index (χ2v) is 6.97. The number of rotatable bonds is 5. The zero-order valence-electron chi connectivity index (χ0n) is 15.4. The largest absolute Gasteiger partial charge is 0.481 e. The Morgan fingerprint density at radius 2 is 2.19 bits per heavy atom. The highest BCUT2D eigenvalue weighted by atomic mass is 16.5. The number of hydrogen-bond donors (Lipinski definition) is 3. The molecule has 8 nitrogen and oxygen atoms in total. The number of nitrogens with two attached hydrogens (primary N) is 1. The van der Waals surface area contributed by atoms with E-state index in [1.54, 1.807) is 13.3 Å². The van der Waals surface area contributed by atoms with Crippen LogP contribution in [0.1, 0.15) is 25.0 Å². The topological polar surface area (TPSA) is 119 Å². The van der Waals surface area contributed by atoms with Crippen LogP contribution < -0.4 is 15.8 Å². The number of furan rings is 1. The van der Waals surface area contributed by atoms with E-state index >= 15 is 0 Å². The van der Waals surface area contributed by atoms with Gasteiger partial charge in [-0.3, -0.25) is 0 Å². The number of aliphatic hydroxyl groups is 1. The molecular weight excluding hydrogens is 346 g/mol. The van der Waals surface area contributed by atoms with Crippen molar-refractivity contribution in [2.24, 2.45) is 5.92 Å². The lowest BCUT2D eigenvalue weighted by Crippen LogP contribution is -2.19. The lowest BCUT2D eigenvalue weighted by atomic mass is 10.1. The molecule has 0 radical (unpaired) electrons. The van der Waals surface area contributed by atoms with Crippen LogP contribution in [-0.2, 0) is 0 Å². The molecule has 2 atom stereocenters. The summed E-state index contributed by atoms with van der Waals surface area (Å²) >= 11 is 0. The maximum atomic E-state index is 9.39. The van der Waals surface area contributed by atoms with E-state index < -0.39 is 0 Å². The molecule has 0 bridgehead atoms.